The molecule has 2 heterocycles. The van der Waals surface area contributed by atoms with E-state index in [1.165, 1.54) is 38.5 Å². The zero-order valence-electron chi connectivity index (χ0n) is 15.4. The van der Waals surface area contributed by atoms with Gasteiger partial charge >= 0.3 is 0 Å². The third-order valence-electron chi connectivity index (χ3n) is 6.65. The second-order valence-corrected chi connectivity index (χ2v) is 8.50. The highest BCUT2D eigenvalue weighted by molar-refractivity contribution is 5.94. The van der Waals surface area contributed by atoms with Gasteiger partial charge in [0.15, 0.2) is 0 Å². The maximum atomic E-state index is 13.2. The van der Waals surface area contributed by atoms with Crippen LogP contribution in [-0.2, 0) is 0 Å². The van der Waals surface area contributed by atoms with E-state index < -0.39 is 0 Å². The Morgan fingerprint density at radius 1 is 1.23 bits per heavy atom. The van der Waals surface area contributed by atoms with Gasteiger partial charge in [-0.25, -0.2) is 0 Å². The first-order valence-corrected chi connectivity index (χ1v) is 9.92. The molecular formula is C21H26N4O. The minimum atomic E-state index is 0.167. The van der Waals surface area contributed by atoms with Gasteiger partial charge in [-0.3, -0.25) is 4.79 Å². The lowest BCUT2D eigenvalue weighted by Gasteiger charge is -2.29. The Morgan fingerprint density at radius 3 is 2.77 bits per heavy atom. The van der Waals surface area contributed by atoms with Crippen LogP contribution in [0.1, 0.15) is 72.2 Å². The molecular weight excluding hydrogens is 324 g/mol. The molecule has 0 bridgehead atoms. The summed E-state index contributed by atoms with van der Waals surface area (Å²) in [5, 5.41) is 8.77. The summed E-state index contributed by atoms with van der Waals surface area (Å²) in [4.78, 5) is 15.2. The standard InChI is InChI=1S/C21H26N4O/c1-15-5-4-6-16(11-15)20(26)24-12-18(21(13-24)9-2-3-10-21)19-23-22-14-25(19)17-7-8-17/h4-6,11,14,17-18H,2-3,7-10,12-13H2,1H3. The van der Waals surface area contributed by atoms with Gasteiger partial charge in [-0.2, -0.15) is 0 Å². The van der Waals surface area contributed by atoms with Crippen molar-refractivity contribution in [1.82, 2.24) is 19.7 Å². The van der Waals surface area contributed by atoms with E-state index in [1.807, 2.05) is 37.5 Å². The minimum absolute atomic E-state index is 0.167. The lowest BCUT2D eigenvalue weighted by atomic mass is 9.76. The van der Waals surface area contributed by atoms with E-state index in [0.717, 1.165) is 30.0 Å². The van der Waals surface area contributed by atoms with Crippen LogP contribution in [0.25, 0.3) is 0 Å². The summed E-state index contributed by atoms with van der Waals surface area (Å²) < 4.78 is 2.30. The van der Waals surface area contributed by atoms with Gasteiger partial charge in [0.25, 0.3) is 5.91 Å². The monoisotopic (exact) mass is 350 g/mol. The van der Waals surface area contributed by atoms with E-state index in [-0.39, 0.29) is 11.3 Å². The number of carbonyl (C=O) groups is 1. The van der Waals surface area contributed by atoms with Crippen molar-refractivity contribution in [1.29, 1.82) is 0 Å². The number of likely N-dealkylation sites (tertiary alicyclic amines) is 1. The predicted molar refractivity (Wildman–Crippen MR) is 99.0 cm³/mol. The third kappa shape index (κ3) is 2.56. The lowest BCUT2D eigenvalue weighted by molar-refractivity contribution is 0.0773. The number of rotatable bonds is 3. The van der Waals surface area contributed by atoms with Gasteiger partial charge in [0, 0.05) is 30.6 Å². The number of aromatic nitrogens is 3. The van der Waals surface area contributed by atoms with Crippen LogP contribution >= 0.6 is 0 Å². The summed E-state index contributed by atoms with van der Waals surface area (Å²) in [6.07, 6.45) is 9.30. The van der Waals surface area contributed by atoms with Crippen LogP contribution in [0.4, 0.5) is 0 Å². The second-order valence-electron chi connectivity index (χ2n) is 8.50. The molecule has 2 aromatic rings. The number of hydrogen-bond acceptors (Lipinski definition) is 3. The first-order valence-electron chi connectivity index (χ1n) is 9.92. The lowest BCUT2D eigenvalue weighted by Crippen LogP contribution is -2.31. The van der Waals surface area contributed by atoms with Crippen molar-refractivity contribution in [3.05, 3.63) is 47.5 Å². The Hall–Kier alpha value is -2.17. The van der Waals surface area contributed by atoms with Crippen molar-refractivity contribution in [3.8, 4) is 0 Å². The van der Waals surface area contributed by atoms with Crippen molar-refractivity contribution < 1.29 is 4.79 Å². The summed E-state index contributed by atoms with van der Waals surface area (Å²) >= 11 is 0. The van der Waals surface area contributed by atoms with E-state index in [2.05, 4.69) is 19.7 Å². The number of nitrogens with zero attached hydrogens (tertiary/aromatic N) is 4. The molecule has 1 spiro atoms. The average Bonchev–Trinajstić information content (AvgIpc) is 3.07. The summed E-state index contributed by atoms with van der Waals surface area (Å²) in [6.45, 7) is 3.68. The van der Waals surface area contributed by atoms with Gasteiger partial charge in [0.1, 0.15) is 12.2 Å². The van der Waals surface area contributed by atoms with Gasteiger partial charge in [-0.1, -0.05) is 30.5 Å². The highest BCUT2D eigenvalue weighted by atomic mass is 16.2. The van der Waals surface area contributed by atoms with Gasteiger partial charge in [-0.15, -0.1) is 10.2 Å². The molecule has 5 rings (SSSR count). The molecule has 5 heteroatoms. The van der Waals surface area contributed by atoms with E-state index in [0.29, 0.717) is 12.0 Å². The summed E-state index contributed by atoms with van der Waals surface area (Å²) in [6, 6.07) is 8.55. The molecule has 1 aromatic heterocycles. The van der Waals surface area contributed by atoms with E-state index in [4.69, 9.17) is 0 Å². The summed E-state index contributed by atoms with van der Waals surface area (Å²) in [5.41, 5.74) is 2.14. The number of amides is 1. The first-order chi connectivity index (χ1) is 12.7. The maximum Gasteiger partial charge on any atom is 0.253 e. The van der Waals surface area contributed by atoms with Gasteiger partial charge in [0.05, 0.1) is 0 Å². The zero-order chi connectivity index (χ0) is 17.7. The van der Waals surface area contributed by atoms with Crippen LogP contribution in [0.5, 0.6) is 0 Å². The quantitative estimate of drug-likeness (QED) is 0.848. The van der Waals surface area contributed by atoms with Crippen molar-refractivity contribution >= 4 is 5.91 Å². The van der Waals surface area contributed by atoms with E-state index in [1.54, 1.807) is 0 Å². The van der Waals surface area contributed by atoms with Gasteiger partial charge < -0.3 is 9.47 Å². The van der Waals surface area contributed by atoms with Crippen molar-refractivity contribution in [2.75, 3.05) is 13.1 Å². The molecule has 0 N–H and O–H groups in total. The average molecular weight is 350 g/mol. The minimum Gasteiger partial charge on any atom is -0.337 e. The smallest absolute Gasteiger partial charge is 0.253 e. The molecule has 3 aliphatic rings. The Balaban J connectivity index is 1.47. The van der Waals surface area contributed by atoms with Crippen LogP contribution in [-0.4, -0.2) is 38.7 Å². The number of carbonyl (C=O) groups excluding carboxylic acids is 1. The predicted octanol–water partition coefficient (Wildman–Crippen LogP) is 3.72. The van der Waals surface area contributed by atoms with Crippen LogP contribution in [0.3, 0.4) is 0 Å². The fourth-order valence-corrected chi connectivity index (χ4v) is 5.16. The molecule has 2 aliphatic carbocycles. The number of benzene rings is 1. The van der Waals surface area contributed by atoms with Crippen molar-refractivity contribution in [3.63, 3.8) is 0 Å². The highest BCUT2D eigenvalue weighted by Crippen LogP contribution is 2.54. The largest absolute Gasteiger partial charge is 0.337 e. The normalized spacial score (nSPS) is 24.5. The zero-order valence-corrected chi connectivity index (χ0v) is 15.4. The highest BCUT2D eigenvalue weighted by Gasteiger charge is 2.52. The van der Waals surface area contributed by atoms with E-state index >= 15 is 0 Å². The SMILES string of the molecule is Cc1cccc(C(=O)N2CC(c3nncn3C3CC3)C3(CCCC3)C2)c1. The molecule has 1 atom stereocenters. The van der Waals surface area contributed by atoms with Crippen LogP contribution in [0.2, 0.25) is 0 Å². The molecule has 1 aromatic carbocycles. The molecule has 1 saturated heterocycles. The first kappa shape index (κ1) is 16.0. The Bertz CT molecular complexity index is 832. The van der Waals surface area contributed by atoms with Crippen molar-refractivity contribution in [2.45, 2.75) is 57.4 Å². The van der Waals surface area contributed by atoms with E-state index in [9.17, 15) is 4.79 Å². The fourth-order valence-electron chi connectivity index (χ4n) is 5.16. The fraction of sp³-hybridized carbons (Fsp3) is 0.571. The van der Waals surface area contributed by atoms with Crippen molar-refractivity contribution in [2.24, 2.45) is 5.41 Å². The Kier molecular flexibility index (Phi) is 3.66. The van der Waals surface area contributed by atoms with Gasteiger partial charge in [-0.05, 0) is 50.2 Å². The number of aryl methyl sites for hydroxylation is 1. The van der Waals surface area contributed by atoms with Crippen LogP contribution in [0, 0.1) is 12.3 Å². The summed E-state index contributed by atoms with van der Waals surface area (Å²) in [5.74, 6) is 1.61. The molecule has 1 amide bonds. The van der Waals surface area contributed by atoms with Crippen LogP contribution < -0.4 is 0 Å². The van der Waals surface area contributed by atoms with Gasteiger partial charge in [0.2, 0.25) is 0 Å². The maximum absolute atomic E-state index is 13.2. The summed E-state index contributed by atoms with van der Waals surface area (Å²) in [7, 11) is 0. The molecule has 1 aliphatic heterocycles. The Morgan fingerprint density at radius 2 is 2.04 bits per heavy atom. The topological polar surface area (TPSA) is 51.0 Å². The molecule has 3 fully saturated rings. The molecule has 136 valence electrons. The number of hydrogen-bond donors (Lipinski definition) is 0. The molecule has 26 heavy (non-hydrogen) atoms. The Labute approximate surface area is 154 Å². The second kappa shape index (κ2) is 5.93. The molecule has 1 unspecified atom stereocenters. The third-order valence-corrected chi connectivity index (χ3v) is 6.65. The van der Waals surface area contributed by atoms with Crippen LogP contribution in [0.15, 0.2) is 30.6 Å². The molecule has 5 nitrogen and oxygen atoms in total. The molecule has 0 radical (unpaired) electrons. The molecule has 2 saturated carbocycles.